The van der Waals surface area contributed by atoms with Gasteiger partial charge in [-0.05, 0) is 39.7 Å². The Bertz CT molecular complexity index is 862. The monoisotopic (exact) mass is 455 g/mol. The second kappa shape index (κ2) is 9.07. The van der Waals surface area contributed by atoms with Crippen molar-refractivity contribution in [2.45, 2.75) is 6.54 Å². The Balaban J connectivity index is 2.25. The van der Waals surface area contributed by atoms with Gasteiger partial charge in [-0.2, -0.15) is 0 Å². The summed E-state index contributed by atoms with van der Waals surface area (Å²) in [6.45, 7) is 0.115. The third-order valence-electron chi connectivity index (χ3n) is 3.57. The van der Waals surface area contributed by atoms with Crippen molar-refractivity contribution in [1.29, 1.82) is 5.41 Å². The topological polar surface area (TPSA) is 85.2 Å². The fourth-order valence-electron chi connectivity index (χ4n) is 2.29. The Morgan fingerprint density at radius 2 is 1.96 bits per heavy atom. The minimum Gasteiger partial charge on any atom is -0.506 e. The summed E-state index contributed by atoms with van der Waals surface area (Å²) in [6.07, 6.45) is 2.79. The summed E-state index contributed by atoms with van der Waals surface area (Å²) in [5, 5.41) is 23.3. The molecule has 0 saturated heterocycles. The Labute approximate surface area is 169 Å². The summed E-state index contributed by atoms with van der Waals surface area (Å²) in [7, 11) is 1.71. The highest BCUT2D eigenvalue weighted by Gasteiger charge is 2.17. The van der Waals surface area contributed by atoms with Crippen molar-refractivity contribution in [2.24, 2.45) is 0 Å². The standard InChI is InChI=1S/C18H16BrCl2N3O2/c1-23-8-12(7-22)11-5-14(20)16(15(21)6-11)18(26)24-9-10-3-2-4-13(19)17(10)25/h2-8,22-23,25H,9H2,1H3,(H,24,26)/b12-8+,22-7?. The van der Waals surface area contributed by atoms with Gasteiger partial charge in [0.05, 0.1) is 20.1 Å². The van der Waals surface area contributed by atoms with Crippen LogP contribution in [0.1, 0.15) is 21.5 Å². The summed E-state index contributed by atoms with van der Waals surface area (Å²) >= 11 is 15.7. The number of hydrogen-bond acceptors (Lipinski definition) is 4. The highest BCUT2D eigenvalue weighted by atomic mass is 79.9. The van der Waals surface area contributed by atoms with Crippen LogP contribution >= 0.6 is 39.1 Å². The number of amides is 1. The van der Waals surface area contributed by atoms with Crippen molar-refractivity contribution in [3.63, 3.8) is 0 Å². The average molecular weight is 457 g/mol. The molecule has 0 saturated carbocycles. The molecule has 0 aliphatic heterocycles. The number of hydrogen-bond donors (Lipinski definition) is 4. The third-order valence-corrected chi connectivity index (χ3v) is 4.80. The molecule has 2 rings (SSSR count). The van der Waals surface area contributed by atoms with Crippen LogP contribution in [0, 0.1) is 5.41 Å². The molecule has 0 radical (unpaired) electrons. The minimum absolute atomic E-state index is 0.0631. The van der Waals surface area contributed by atoms with Crippen LogP contribution in [-0.4, -0.2) is 24.3 Å². The van der Waals surface area contributed by atoms with Gasteiger partial charge in [0.15, 0.2) is 0 Å². The number of para-hydroxylation sites is 1. The van der Waals surface area contributed by atoms with Gasteiger partial charge in [0.2, 0.25) is 0 Å². The van der Waals surface area contributed by atoms with Crippen LogP contribution in [0.5, 0.6) is 5.75 Å². The first-order valence-corrected chi connectivity index (χ1v) is 9.05. The molecule has 5 nitrogen and oxygen atoms in total. The minimum atomic E-state index is -0.458. The zero-order chi connectivity index (χ0) is 19.3. The largest absolute Gasteiger partial charge is 0.506 e. The van der Waals surface area contributed by atoms with Crippen LogP contribution in [0.15, 0.2) is 41.0 Å². The third kappa shape index (κ3) is 4.58. The van der Waals surface area contributed by atoms with E-state index in [0.717, 1.165) is 6.21 Å². The van der Waals surface area contributed by atoms with Crippen LogP contribution < -0.4 is 10.6 Å². The maximum Gasteiger partial charge on any atom is 0.254 e. The van der Waals surface area contributed by atoms with Crippen molar-refractivity contribution >= 4 is 56.8 Å². The number of nitrogens with one attached hydrogen (secondary N) is 3. The SMILES string of the molecule is CN/C=C(\C=N)c1cc(Cl)c(C(=O)NCc2cccc(Br)c2O)c(Cl)c1. The molecule has 2 aromatic carbocycles. The van der Waals surface area contributed by atoms with Gasteiger partial charge in [-0.3, -0.25) is 4.79 Å². The van der Waals surface area contributed by atoms with Gasteiger partial charge in [-0.15, -0.1) is 0 Å². The predicted molar refractivity (Wildman–Crippen MR) is 109 cm³/mol. The van der Waals surface area contributed by atoms with E-state index in [4.69, 9.17) is 28.6 Å². The van der Waals surface area contributed by atoms with E-state index in [0.29, 0.717) is 21.2 Å². The van der Waals surface area contributed by atoms with E-state index >= 15 is 0 Å². The lowest BCUT2D eigenvalue weighted by Crippen LogP contribution is -2.23. The van der Waals surface area contributed by atoms with E-state index < -0.39 is 5.91 Å². The molecule has 0 aromatic heterocycles. The van der Waals surface area contributed by atoms with Gasteiger partial charge < -0.3 is 21.1 Å². The fourth-order valence-corrected chi connectivity index (χ4v) is 3.35. The molecule has 8 heteroatoms. The van der Waals surface area contributed by atoms with Crippen molar-refractivity contribution < 1.29 is 9.90 Å². The molecule has 4 N–H and O–H groups in total. The molecule has 0 unspecified atom stereocenters. The van der Waals surface area contributed by atoms with Crippen molar-refractivity contribution in [3.05, 3.63) is 67.7 Å². The number of rotatable bonds is 6. The maximum atomic E-state index is 12.5. The molecular formula is C18H16BrCl2N3O2. The lowest BCUT2D eigenvalue weighted by Gasteiger charge is -2.12. The lowest BCUT2D eigenvalue weighted by atomic mass is 10.0. The lowest BCUT2D eigenvalue weighted by molar-refractivity contribution is 0.0951. The van der Waals surface area contributed by atoms with Gasteiger partial charge in [0, 0.05) is 37.1 Å². The van der Waals surface area contributed by atoms with Crippen LogP contribution in [0.25, 0.3) is 5.57 Å². The number of carbonyl (C=O) groups excluding carboxylic acids is 1. The molecule has 136 valence electrons. The highest BCUT2D eigenvalue weighted by Crippen LogP contribution is 2.30. The fraction of sp³-hybridized carbons (Fsp3) is 0.111. The zero-order valence-corrected chi connectivity index (χ0v) is 16.8. The van der Waals surface area contributed by atoms with E-state index in [9.17, 15) is 9.90 Å². The molecule has 0 aliphatic rings. The number of carbonyl (C=O) groups is 1. The molecule has 1 amide bonds. The molecule has 0 spiro atoms. The molecule has 0 bridgehead atoms. The first kappa shape index (κ1) is 20.3. The number of benzene rings is 2. The first-order chi connectivity index (χ1) is 12.4. The van der Waals surface area contributed by atoms with Gasteiger partial charge in [0.1, 0.15) is 5.75 Å². The zero-order valence-electron chi connectivity index (χ0n) is 13.7. The van der Waals surface area contributed by atoms with Crippen LogP contribution in [0.2, 0.25) is 10.0 Å². The molecule has 0 atom stereocenters. The second-order valence-electron chi connectivity index (χ2n) is 5.28. The average Bonchev–Trinajstić information content (AvgIpc) is 2.60. The quantitative estimate of drug-likeness (QED) is 0.479. The Morgan fingerprint density at radius 3 is 2.54 bits per heavy atom. The maximum absolute atomic E-state index is 12.5. The van der Waals surface area contributed by atoms with E-state index in [1.165, 1.54) is 0 Å². The molecule has 26 heavy (non-hydrogen) atoms. The summed E-state index contributed by atoms with van der Waals surface area (Å²) in [4.78, 5) is 12.5. The van der Waals surface area contributed by atoms with E-state index in [2.05, 4.69) is 26.6 Å². The molecule has 0 heterocycles. The van der Waals surface area contributed by atoms with Gasteiger partial charge in [0.25, 0.3) is 5.91 Å². The molecule has 0 aliphatic carbocycles. The normalized spacial score (nSPS) is 11.2. The summed E-state index contributed by atoms with van der Waals surface area (Å²) in [5.41, 5.74) is 1.88. The van der Waals surface area contributed by atoms with E-state index in [1.807, 2.05) is 0 Å². The smallest absolute Gasteiger partial charge is 0.254 e. The molecule has 2 aromatic rings. The van der Waals surface area contributed by atoms with Crippen molar-refractivity contribution in [2.75, 3.05) is 7.05 Å². The molecule has 0 fully saturated rings. The number of phenols is 1. The predicted octanol–water partition coefficient (Wildman–Crippen LogP) is 4.60. The van der Waals surface area contributed by atoms with Gasteiger partial charge in [-0.25, -0.2) is 0 Å². The van der Waals surface area contributed by atoms with Crippen molar-refractivity contribution in [1.82, 2.24) is 10.6 Å². The molecular weight excluding hydrogens is 441 g/mol. The highest BCUT2D eigenvalue weighted by molar-refractivity contribution is 9.10. The summed E-state index contributed by atoms with van der Waals surface area (Å²) < 4.78 is 0.542. The van der Waals surface area contributed by atoms with Gasteiger partial charge >= 0.3 is 0 Å². The van der Waals surface area contributed by atoms with Crippen LogP contribution in [0.3, 0.4) is 0 Å². The summed E-state index contributed by atoms with van der Waals surface area (Å²) in [5.74, 6) is -0.395. The van der Waals surface area contributed by atoms with Crippen LogP contribution in [0.4, 0.5) is 0 Å². The number of halogens is 3. The van der Waals surface area contributed by atoms with Gasteiger partial charge in [-0.1, -0.05) is 35.3 Å². The van der Waals surface area contributed by atoms with E-state index in [-0.39, 0.29) is 27.9 Å². The van der Waals surface area contributed by atoms with Crippen LogP contribution in [-0.2, 0) is 6.54 Å². The van der Waals surface area contributed by atoms with E-state index in [1.54, 1.807) is 43.6 Å². The number of allylic oxidation sites excluding steroid dienone is 1. The number of aromatic hydroxyl groups is 1. The Morgan fingerprint density at radius 1 is 1.31 bits per heavy atom. The van der Waals surface area contributed by atoms with Crippen molar-refractivity contribution in [3.8, 4) is 5.75 Å². The second-order valence-corrected chi connectivity index (χ2v) is 6.95. The number of phenolic OH excluding ortho intramolecular Hbond substituents is 1. The first-order valence-electron chi connectivity index (χ1n) is 7.51. The Hall–Kier alpha value is -2.02. The summed E-state index contributed by atoms with van der Waals surface area (Å²) in [6, 6.07) is 8.31. The Kier molecular flexibility index (Phi) is 7.08.